The van der Waals surface area contributed by atoms with Gasteiger partial charge in [0.05, 0.1) is 4.88 Å². The predicted molar refractivity (Wildman–Crippen MR) is 94.6 cm³/mol. The molecule has 26 heavy (non-hydrogen) atoms. The van der Waals surface area contributed by atoms with Gasteiger partial charge in [-0.3, -0.25) is 4.79 Å². The Morgan fingerprint density at radius 3 is 2.23 bits per heavy atom. The maximum absolute atomic E-state index is 13.7. The van der Waals surface area contributed by atoms with Crippen molar-refractivity contribution in [2.45, 2.75) is 11.4 Å². The Morgan fingerprint density at radius 1 is 0.923 bits per heavy atom. The van der Waals surface area contributed by atoms with Crippen LogP contribution in [0.3, 0.4) is 0 Å². The Morgan fingerprint density at radius 2 is 1.58 bits per heavy atom. The van der Waals surface area contributed by atoms with Gasteiger partial charge < -0.3 is 0 Å². The molecule has 0 atom stereocenters. The number of halogens is 2. The second-order valence-electron chi connectivity index (χ2n) is 5.34. The number of rotatable bonds is 6. The van der Waals surface area contributed by atoms with Crippen molar-refractivity contribution in [1.82, 2.24) is 4.72 Å². The summed E-state index contributed by atoms with van der Waals surface area (Å²) in [4.78, 5) is 12.3. The van der Waals surface area contributed by atoms with Gasteiger partial charge in [0.15, 0.2) is 4.90 Å². The molecule has 0 amide bonds. The number of ketones is 1. The fourth-order valence-electron chi connectivity index (χ4n) is 2.30. The highest BCUT2D eigenvalue weighted by Gasteiger charge is 2.23. The third-order valence-electron chi connectivity index (χ3n) is 3.55. The summed E-state index contributed by atoms with van der Waals surface area (Å²) in [6.45, 7) is -0.178. The largest absolute Gasteiger partial charge is 0.288 e. The number of sulfonamides is 1. The van der Waals surface area contributed by atoms with Crippen LogP contribution in [0, 0.1) is 11.6 Å². The Hall–Kier alpha value is -2.42. The van der Waals surface area contributed by atoms with Gasteiger partial charge in [-0.05, 0) is 24.3 Å². The average molecular weight is 393 g/mol. The third-order valence-corrected chi connectivity index (χ3v) is 6.08. The fourth-order valence-corrected chi connectivity index (χ4v) is 4.44. The molecule has 0 aliphatic rings. The van der Waals surface area contributed by atoms with Crippen LogP contribution in [0.5, 0.6) is 0 Å². The van der Waals surface area contributed by atoms with Crippen LogP contribution in [0.15, 0.2) is 65.6 Å². The zero-order chi connectivity index (χ0) is 18.7. The zero-order valence-electron chi connectivity index (χ0n) is 13.3. The molecule has 0 unspecified atom stereocenters. The maximum atomic E-state index is 13.7. The summed E-state index contributed by atoms with van der Waals surface area (Å²) in [6, 6.07) is 14.7. The fraction of sp³-hybridized carbons (Fsp3) is 0.0556. The molecule has 3 aromatic rings. The van der Waals surface area contributed by atoms with E-state index in [1.54, 1.807) is 42.5 Å². The Labute approximate surface area is 153 Å². The second kappa shape index (κ2) is 7.45. The molecule has 4 nitrogen and oxygen atoms in total. The predicted octanol–water partition coefficient (Wildman–Crippen LogP) is 3.74. The van der Waals surface area contributed by atoms with E-state index in [2.05, 4.69) is 4.72 Å². The Kier molecular flexibility index (Phi) is 5.26. The van der Waals surface area contributed by atoms with E-state index in [9.17, 15) is 22.0 Å². The first-order valence-corrected chi connectivity index (χ1v) is 9.80. The van der Waals surface area contributed by atoms with E-state index >= 15 is 0 Å². The summed E-state index contributed by atoms with van der Waals surface area (Å²) in [6.07, 6.45) is 0. The SMILES string of the molecule is O=C(c1ccccc1)c1ccc(CNS(=O)(=O)c2c(F)cccc2F)s1. The van der Waals surface area contributed by atoms with Crippen LogP contribution >= 0.6 is 11.3 Å². The second-order valence-corrected chi connectivity index (χ2v) is 8.21. The van der Waals surface area contributed by atoms with Crippen molar-refractivity contribution in [2.75, 3.05) is 0 Å². The van der Waals surface area contributed by atoms with Crippen molar-refractivity contribution in [1.29, 1.82) is 0 Å². The highest BCUT2D eigenvalue weighted by molar-refractivity contribution is 7.89. The van der Waals surface area contributed by atoms with Crippen molar-refractivity contribution in [3.63, 3.8) is 0 Å². The van der Waals surface area contributed by atoms with Crippen molar-refractivity contribution in [3.05, 3.63) is 87.6 Å². The third kappa shape index (κ3) is 3.87. The van der Waals surface area contributed by atoms with Crippen LogP contribution < -0.4 is 4.72 Å². The quantitative estimate of drug-likeness (QED) is 0.649. The van der Waals surface area contributed by atoms with Gasteiger partial charge in [0.25, 0.3) is 0 Å². The lowest BCUT2D eigenvalue weighted by Gasteiger charge is -2.07. The van der Waals surface area contributed by atoms with Gasteiger partial charge in [-0.2, -0.15) is 0 Å². The lowest BCUT2D eigenvalue weighted by molar-refractivity contribution is 0.104. The molecule has 1 heterocycles. The van der Waals surface area contributed by atoms with Crippen LogP contribution in [-0.4, -0.2) is 14.2 Å². The molecule has 0 bridgehead atoms. The summed E-state index contributed by atoms with van der Waals surface area (Å²) in [5.41, 5.74) is 0.523. The van der Waals surface area contributed by atoms with Gasteiger partial charge >= 0.3 is 0 Å². The normalized spacial score (nSPS) is 11.5. The molecule has 0 saturated carbocycles. The van der Waals surface area contributed by atoms with E-state index in [0.717, 1.165) is 29.5 Å². The molecule has 1 N–H and O–H groups in total. The molecule has 0 aliphatic heterocycles. The standard InChI is InChI=1S/C18H13F2NO3S2/c19-14-7-4-8-15(20)18(14)26(23,24)21-11-13-9-10-16(25-13)17(22)12-5-2-1-3-6-12/h1-10,21H,11H2. The van der Waals surface area contributed by atoms with Crippen LogP contribution in [-0.2, 0) is 16.6 Å². The minimum Gasteiger partial charge on any atom is -0.288 e. The lowest BCUT2D eigenvalue weighted by atomic mass is 10.1. The molecule has 8 heteroatoms. The summed E-state index contributed by atoms with van der Waals surface area (Å²) in [5.74, 6) is -2.50. The Balaban J connectivity index is 1.75. The molecule has 0 saturated heterocycles. The number of benzene rings is 2. The molecule has 0 radical (unpaired) electrons. The number of carbonyl (C=O) groups is 1. The van der Waals surface area contributed by atoms with Crippen molar-refractivity contribution < 1.29 is 22.0 Å². The van der Waals surface area contributed by atoms with E-state index in [0.29, 0.717) is 15.3 Å². The van der Waals surface area contributed by atoms with E-state index in [-0.39, 0.29) is 12.3 Å². The highest BCUT2D eigenvalue weighted by atomic mass is 32.2. The number of hydrogen-bond donors (Lipinski definition) is 1. The molecule has 134 valence electrons. The van der Waals surface area contributed by atoms with Crippen LogP contribution in [0.4, 0.5) is 8.78 Å². The highest BCUT2D eigenvalue weighted by Crippen LogP contribution is 2.22. The van der Waals surface area contributed by atoms with Gasteiger partial charge in [-0.15, -0.1) is 11.3 Å². The van der Waals surface area contributed by atoms with Crippen LogP contribution in [0.25, 0.3) is 0 Å². The van der Waals surface area contributed by atoms with Crippen LogP contribution in [0.1, 0.15) is 20.1 Å². The molecular weight excluding hydrogens is 380 g/mol. The summed E-state index contributed by atoms with van der Waals surface area (Å²) < 4.78 is 53.8. The Bertz CT molecular complexity index is 1030. The summed E-state index contributed by atoms with van der Waals surface area (Å²) >= 11 is 1.12. The molecule has 0 spiro atoms. The van der Waals surface area contributed by atoms with Gasteiger partial charge in [0.2, 0.25) is 15.8 Å². The van der Waals surface area contributed by atoms with E-state index in [1.807, 2.05) is 0 Å². The first-order chi connectivity index (χ1) is 12.4. The van der Waals surface area contributed by atoms with E-state index < -0.39 is 26.6 Å². The number of thiophene rings is 1. The molecule has 1 aromatic heterocycles. The number of carbonyl (C=O) groups excluding carboxylic acids is 1. The topological polar surface area (TPSA) is 63.2 Å². The average Bonchev–Trinajstić information content (AvgIpc) is 3.09. The van der Waals surface area contributed by atoms with Crippen molar-refractivity contribution in [2.24, 2.45) is 0 Å². The first kappa shape index (κ1) is 18.4. The molecule has 0 fully saturated rings. The van der Waals surface area contributed by atoms with Crippen LogP contribution in [0.2, 0.25) is 0 Å². The first-order valence-electron chi connectivity index (χ1n) is 7.50. The summed E-state index contributed by atoms with van der Waals surface area (Å²) in [7, 11) is -4.36. The van der Waals surface area contributed by atoms with E-state index in [4.69, 9.17) is 0 Å². The van der Waals surface area contributed by atoms with E-state index in [1.165, 1.54) is 0 Å². The molecule has 3 rings (SSSR count). The van der Waals surface area contributed by atoms with Crippen molar-refractivity contribution >= 4 is 27.1 Å². The molecule has 2 aromatic carbocycles. The zero-order valence-corrected chi connectivity index (χ0v) is 14.9. The summed E-state index contributed by atoms with van der Waals surface area (Å²) in [5, 5.41) is 0. The molecular formula is C18H13F2NO3S2. The van der Waals surface area contributed by atoms with Gasteiger partial charge in [-0.25, -0.2) is 21.9 Å². The smallest absolute Gasteiger partial charge is 0.246 e. The number of hydrogen-bond acceptors (Lipinski definition) is 4. The van der Waals surface area contributed by atoms with Gasteiger partial charge in [0, 0.05) is 17.0 Å². The minimum atomic E-state index is -4.36. The van der Waals surface area contributed by atoms with Gasteiger partial charge in [0.1, 0.15) is 11.6 Å². The van der Waals surface area contributed by atoms with Crippen molar-refractivity contribution in [3.8, 4) is 0 Å². The minimum absolute atomic E-state index is 0.176. The molecule has 0 aliphatic carbocycles. The van der Waals surface area contributed by atoms with Gasteiger partial charge in [-0.1, -0.05) is 36.4 Å². The maximum Gasteiger partial charge on any atom is 0.246 e. The lowest BCUT2D eigenvalue weighted by Crippen LogP contribution is -2.24. The number of nitrogens with one attached hydrogen (secondary N) is 1. The monoisotopic (exact) mass is 393 g/mol.